The number of nitrogens with zero attached hydrogens (tertiary/aromatic N) is 4. The van der Waals surface area contributed by atoms with Crippen LogP contribution in [0.5, 0.6) is 0 Å². The number of carbonyl (C=O) groups excluding carboxylic acids is 1. The Kier molecular flexibility index (Phi) is 10.4. The van der Waals surface area contributed by atoms with Crippen molar-refractivity contribution in [1.29, 1.82) is 0 Å². The maximum absolute atomic E-state index is 12.4. The number of anilines is 1. The zero-order valence-corrected chi connectivity index (χ0v) is 19.5. The Labute approximate surface area is 191 Å². The van der Waals surface area contributed by atoms with Gasteiger partial charge in [-0.05, 0) is 19.3 Å². The maximum atomic E-state index is 12.4. The molecule has 3 rings (SSSR count). The van der Waals surface area contributed by atoms with Crippen LogP contribution in [0, 0.1) is 0 Å². The molecule has 1 aliphatic rings. The zero-order chi connectivity index (χ0) is 22.6. The number of aliphatic hydroxyl groups excluding tert-OH is 1. The van der Waals surface area contributed by atoms with Crippen LogP contribution in [0.3, 0.4) is 0 Å². The molecule has 0 bridgehead atoms. The minimum Gasteiger partial charge on any atom is -0.394 e. The molecule has 0 aliphatic carbocycles. The van der Waals surface area contributed by atoms with E-state index in [0.29, 0.717) is 23.4 Å². The first-order valence-electron chi connectivity index (χ1n) is 12.5. The molecule has 178 valence electrons. The lowest BCUT2D eigenvalue weighted by atomic mass is 10.1. The first-order valence-corrected chi connectivity index (χ1v) is 12.5. The van der Waals surface area contributed by atoms with Gasteiger partial charge in [0, 0.05) is 6.42 Å². The van der Waals surface area contributed by atoms with Crippen LogP contribution in [-0.4, -0.2) is 43.2 Å². The quantitative estimate of drug-likeness (QED) is 0.368. The van der Waals surface area contributed by atoms with E-state index in [9.17, 15) is 9.90 Å². The number of imidazole rings is 1. The first kappa shape index (κ1) is 24.6. The highest BCUT2D eigenvalue weighted by Crippen LogP contribution is 2.31. The molecule has 0 spiro atoms. The highest BCUT2D eigenvalue weighted by Gasteiger charge is 2.28. The van der Waals surface area contributed by atoms with Crippen LogP contribution in [0.1, 0.15) is 103 Å². The van der Waals surface area contributed by atoms with Gasteiger partial charge in [0.2, 0.25) is 5.91 Å². The van der Waals surface area contributed by atoms with Gasteiger partial charge in [-0.15, -0.1) is 0 Å². The van der Waals surface area contributed by atoms with Crippen LogP contribution in [0.15, 0.2) is 12.7 Å². The summed E-state index contributed by atoms with van der Waals surface area (Å²) in [4.78, 5) is 25.4. The van der Waals surface area contributed by atoms with Crippen LogP contribution >= 0.6 is 0 Å². The highest BCUT2D eigenvalue weighted by atomic mass is 16.5. The number of ether oxygens (including phenoxy) is 1. The smallest absolute Gasteiger partial charge is 0.225 e. The molecule has 32 heavy (non-hydrogen) atoms. The Morgan fingerprint density at radius 3 is 2.38 bits per heavy atom. The van der Waals surface area contributed by atoms with Gasteiger partial charge in [-0.1, -0.05) is 71.1 Å². The summed E-state index contributed by atoms with van der Waals surface area (Å²) in [7, 11) is 0. The average Bonchev–Trinajstić information content (AvgIpc) is 3.45. The third kappa shape index (κ3) is 7.24. The number of hydrogen-bond donors (Lipinski definition) is 2. The van der Waals surface area contributed by atoms with E-state index in [2.05, 4.69) is 27.2 Å². The molecule has 8 nitrogen and oxygen atoms in total. The largest absolute Gasteiger partial charge is 0.394 e. The molecule has 3 heterocycles. The van der Waals surface area contributed by atoms with Crippen molar-refractivity contribution in [3.05, 3.63) is 12.7 Å². The molecule has 2 aromatic heterocycles. The normalized spacial score (nSPS) is 18.4. The van der Waals surface area contributed by atoms with Gasteiger partial charge in [-0.25, -0.2) is 15.0 Å². The number of fused-ring (bicyclic) bond motifs is 1. The van der Waals surface area contributed by atoms with Gasteiger partial charge in [0.05, 0.1) is 19.0 Å². The van der Waals surface area contributed by atoms with Crippen LogP contribution in [0.25, 0.3) is 11.2 Å². The van der Waals surface area contributed by atoms with Crippen molar-refractivity contribution >= 4 is 22.9 Å². The van der Waals surface area contributed by atoms with Gasteiger partial charge in [-0.2, -0.15) is 0 Å². The number of rotatable bonds is 15. The number of nitrogens with one attached hydrogen (secondary N) is 1. The highest BCUT2D eigenvalue weighted by molar-refractivity contribution is 5.96. The summed E-state index contributed by atoms with van der Waals surface area (Å²) in [5.74, 6) is 0.409. The van der Waals surface area contributed by atoms with Crippen molar-refractivity contribution in [2.75, 3.05) is 11.9 Å². The van der Waals surface area contributed by atoms with E-state index in [1.165, 1.54) is 64.1 Å². The maximum Gasteiger partial charge on any atom is 0.225 e. The van der Waals surface area contributed by atoms with Gasteiger partial charge < -0.3 is 15.2 Å². The third-order valence-corrected chi connectivity index (χ3v) is 6.22. The van der Waals surface area contributed by atoms with Gasteiger partial charge in [0.25, 0.3) is 0 Å². The van der Waals surface area contributed by atoms with E-state index in [1.54, 1.807) is 6.33 Å². The lowest BCUT2D eigenvalue weighted by molar-refractivity contribution is -0.116. The van der Waals surface area contributed by atoms with E-state index >= 15 is 0 Å². The summed E-state index contributed by atoms with van der Waals surface area (Å²) in [6, 6.07) is 0. The zero-order valence-electron chi connectivity index (χ0n) is 19.5. The van der Waals surface area contributed by atoms with Crippen LogP contribution in [0.2, 0.25) is 0 Å². The molecule has 8 heteroatoms. The predicted molar refractivity (Wildman–Crippen MR) is 125 cm³/mol. The molecule has 1 fully saturated rings. The molecule has 1 aliphatic heterocycles. The summed E-state index contributed by atoms with van der Waals surface area (Å²) in [5.41, 5.74) is 1.20. The van der Waals surface area contributed by atoms with Crippen LogP contribution < -0.4 is 5.32 Å². The summed E-state index contributed by atoms with van der Waals surface area (Å²) < 4.78 is 7.68. The number of hydrogen-bond acceptors (Lipinski definition) is 6. The van der Waals surface area contributed by atoms with Gasteiger partial charge >= 0.3 is 0 Å². The number of aromatic nitrogens is 4. The molecule has 1 saturated heterocycles. The molecule has 2 atom stereocenters. The summed E-state index contributed by atoms with van der Waals surface area (Å²) in [5, 5.41) is 12.2. The van der Waals surface area contributed by atoms with Gasteiger partial charge in [-0.3, -0.25) is 9.36 Å². The fourth-order valence-corrected chi connectivity index (χ4v) is 4.32. The fraction of sp³-hybridized carbons (Fsp3) is 0.750. The van der Waals surface area contributed by atoms with E-state index in [-0.39, 0.29) is 24.8 Å². The molecule has 0 radical (unpaired) electrons. The lowest BCUT2D eigenvalue weighted by Crippen LogP contribution is -2.15. The van der Waals surface area contributed by atoms with Crippen molar-refractivity contribution in [3.8, 4) is 0 Å². The van der Waals surface area contributed by atoms with Crippen LogP contribution in [0.4, 0.5) is 5.82 Å². The molecule has 0 aromatic carbocycles. The minimum absolute atomic E-state index is 0.0124. The number of carbonyl (C=O) groups is 1. The van der Waals surface area contributed by atoms with E-state index in [0.717, 1.165) is 25.7 Å². The van der Waals surface area contributed by atoms with Gasteiger partial charge in [0.15, 0.2) is 17.0 Å². The first-order chi connectivity index (χ1) is 15.7. The van der Waals surface area contributed by atoms with E-state index in [1.807, 2.05) is 4.57 Å². The van der Waals surface area contributed by atoms with Crippen LogP contribution in [-0.2, 0) is 9.53 Å². The second-order valence-corrected chi connectivity index (χ2v) is 8.85. The van der Waals surface area contributed by atoms with Crippen molar-refractivity contribution in [3.63, 3.8) is 0 Å². The Hall–Kier alpha value is -2.06. The Bertz CT molecular complexity index is 825. The topological polar surface area (TPSA) is 102 Å². The second-order valence-electron chi connectivity index (χ2n) is 8.85. The molecule has 1 amide bonds. The SMILES string of the molecule is CCCCCCCCCCCCCC(=O)Nc1ncnc2c1ncn2[C@H]1CC[C@@H](CO)O1. The standard InChI is InChI=1S/C24H39N5O3/c1-2-3-4-5-6-7-8-9-10-11-12-13-20(31)28-23-22-24(26-17-25-23)29(18-27-22)21-15-14-19(16-30)32-21/h17-19,21,30H,2-16H2,1H3,(H,25,26,28,31)/t19-,21+/m0/s1. The van der Waals surface area contributed by atoms with Crippen molar-refractivity contribution in [2.45, 2.75) is 109 Å². The van der Waals surface area contributed by atoms with Crippen molar-refractivity contribution < 1.29 is 14.6 Å². The summed E-state index contributed by atoms with van der Waals surface area (Å²) in [6.45, 7) is 2.27. The van der Waals surface area contributed by atoms with E-state index < -0.39 is 0 Å². The molecule has 0 saturated carbocycles. The van der Waals surface area contributed by atoms with Crippen molar-refractivity contribution in [1.82, 2.24) is 19.5 Å². The number of unbranched alkanes of at least 4 members (excludes halogenated alkanes) is 10. The average molecular weight is 446 g/mol. The minimum atomic E-state index is -0.202. The second kappa shape index (κ2) is 13.5. The molecular formula is C24H39N5O3. The monoisotopic (exact) mass is 445 g/mol. The molecule has 2 aromatic rings. The Balaban J connectivity index is 1.36. The Morgan fingerprint density at radius 2 is 1.72 bits per heavy atom. The summed E-state index contributed by atoms with van der Waals surface area (Å²) >= 11 is 0. The number of aliphatic hydroxyl groups is 1. The molecular weight excluding hydrogens is 406 g/mol. The van der Waals surface area contributed by atoms with Crippen molar-refractivity contribution in [2.24, 2.45) is 0 Å². The molecule has 2 N–H and O–H groups in total. The number of amides is 1. The molecule has 0 unspecified atom stereocenters. The third-order valence-electron chi connectivity index (χ3n) is 6.22. The van der Waals surface area contributed by atoms with Gasteiger partial charge in [0.1, 0.15) is 12.6 Å². The van der Waals surface area contributed by atoms with E-state index in [4.69, 9.17) is 4.74 Å². The Morgan fingerprint density at radius 1 is 1.03 bits per heavy atom. The predicted octanol–water partition coefficient (Wildman–Crippen LogP) is 5.14. The lowest BCUT2D eigenvalue weighted by Gasteiger charge is -2.13. The summed E-state index contributed by atoms with van der Waals surface area (Å²) in [6.07, 6.45) is 18.7. The fourth-order valence-electron chi connectivity index (χ4n) is 4.32.